The van der Waals surface area contributed by atoms with Gasteiger partial charge in [0.15, 0.2) is 11.4 Å². The first kappa shape index (κ1) is 11.7. The lowest BCUT2D eigenvalue weighted by Crippen LogP contribution is -2.55. The molecule has 0 saturated heterocycles. The standard InChI is InChI=1S/C16H18O2/c1-2-16(18)14(17)13-8-4-3-7-12(13)11-15(16)9-5-6-10-15/h2-4,7-8,18H,1,5-6,9-11H2. The molecule has 1 atom stereocenters. The van der Waals surface area contributed by atoms with Crippen molar-refractivity contribution in [2.75, 3.05) is 0 Å². The molecule has 1 fully saturated rings. The van der Waals surface area contributed by atoms with Crippen molar-refractivity contribution >= 4 is 5.78 Å². The minimum atomic E-state index is -1.38. The van der Waals surface area contributed by atoms with Crippen molar-refractivity contribution in [3.05, 3.63) is 48.0 Å². The Kier molecular flexibility index (Phi) is 2.46. The van der Waals surface area contributed by atoms with Crippen LogP contribution in [0.1, 0.15) is 41.6 Å². The molecule has 0 aliphatic heterocycles. The zero-order valence-corrected chi connectivity index (χ0v) is 10.5. The Morgan fingerprint density at radius 2 is 1.89 bits per heavy atom. The van der Waals surface area contributed by atoms with Crippen LogP contribution >= 0.6 is 0 Å². The first-order valence-electron chi connectivity index (χ1n) is 6.62. The van der Waals surface area contributed by atoms with E-state index in [9.17, 15) is 9.90 Å². The Bertz CT molecular complexity index is 512. The predicted molar refractivity (Wildman–Crippen MR) is 70.5 cm³/mol. The maximum Gasteiger partial charge on any atom is 0.199 e. The second kappa shape index (κ2) is 3.79. The summed E-state index contributed by atoms with van der Waals surface area (Å²) in [5.41, 5.74) is 0.0475. The molecule has 0 radical (unpaired) electrons. The SMILES string of the molecule is C=CC1(O)C(=O)c2ccccc2CC12CCCC2. The minimum absolute atomic E-state index is 0.166. The average molecular weight is 242 g/mol. The minimum Gasteiger partial charge on any atom is -0.377 e. The van der Waals surface area contributed by atoms with Crippen molar-refractivity contribution in [3.63, 3.8) is 0 Å². The number of hydrogen-bond donors (Lipinski definition) is 1. The Morgan fingerprint density at radius 1 is 1.22 bits per heavy atom. The largest absolute Gasteiger partial charge is 0.377 e. The van der Waals surface area contributed by atoms with Gasteiger partial charge in [0.25, 0.3) is 0 Å². The number of aliphatic hydroxyl groups is 1. The highest BCUT2D eigenvalue weighted by molar-refractivity contribution is 6.06. The van der Waals surface area contributed by atoms with Crippen LogP contribution in [0.15, 0.2) is 36.9 Å². The van der Waals surface area contributed by atoms with E-state index >= 15 is 0 Å². The maximum atomic E-state index is 12.6. The molecule has 0 bridgehead atoms. The molecular weight excluding hydrogens is 224 g/mol. The van der Waals surface area contributed by atoms with Gasteiger partial charge < -0.3 is 5.11 Å². The molecule has 94 valence electrons. The van der Waals surface area contributed by atoms with Crippen LogP contribution < -0.4 is 0 Å². The molecule has 1 N–H and O–H groups in total. The number of Topliss-reactive ketones (excluding diaryl/α,β-unsaturated/α-hetero) is 1. The van der Waals surface area contributed by atoms with Gasteiger partial charge >= 0.3 is 0 Å². The van der Waals surface area contributed by atoms with E-state index in [-0.39, 0.29) is 11.2 Å². The fourth-order valence-electron chi connectivity index (χ4n) is 3.76. The Labute approximate surface area is 107 Å². The molecule has 1 spiro atoms. The quantitative estimate of drug-likeness (QED) is 0.769. The number of carbonyl (C=O) groups is 1. The molecular formula is C16H18O2. The molecule has 1 aromatic carbocycles. The summed E-state index contributed by atoms with van der Waals surface area (Å²) < 4.78 is 0. The van der Waals surface area contributed by atoms with E-state index in [4.69, 9.17) is 0 Å². The first-order chi connectivity index (χ1) is 8.63. The smallest absolute Gasteiger partial charge is 0.199 e. The third kappa shape index (κ3) is 1.30. The number of hydrogen-bond acceptors (Lipinski definition) is 2. The van der Waals surface area contributed by atoms with Gasteiger partial charge in [-0.15, -0.1) is 0 Å². The van der Waals surface area contributed by atoms with Gasteiger partial charge in [0.05, 0.1) is 0 Å². The molecule has 18 heavy (non-hydrogen) atoms. The predicted octanol–water partition coefficient (Wildman–Crippen LogP) is 2.90. The van der Waals surface area contributed by atoms with Gasteiger partial charge in [-0.2, -0.15) is 0 Å². The van der Waals surface area contributed by atoms with Crippen LogP contribution in [0.5, 0.6) is 0 Å². The molecule has 0 aromatic heterocycles. The second-order valence-corrected chi connectivity index (χ2v) is 5.62. The van der Waals surface area contributed by atoms with Gasteiger partial charge in [-0.1, -0.05) is 49.8 Å². The van der Waals surface area contributed by atoms with Crippen molar-refractivity contribution < 1.29 is 9.90 Å². The van der Waals surface area contributed by atoms with Crippen molar-refractivity contribution in [2.24, 2.45) is 5.41 Å². The molecule has 2 nitrogen and oxygen atoms in total. The molecule has 2 aliphatic carbocycles. The van der Waals surface area contributed by atoms with E-state index in [1.54, 1.807) is 0 Å². The summed E-state index contributed by atoms with van der Waals surface area (Å²) >= 11 is 0. The fraction of sp³-hybridized carbons (Fsp3) is 0.438. The molecule has 0 heterocycles. The number of carbonyl (C=O) groups excluding carboxylic acids is 1. The van der Waals surface area contributed by atoms with Gasteiger partial charge in [0, 0.05) is 11.0 Å². The van der Waals surface area contributed by atoms with Gasteiger partial charge in [-0.05, 0) is 24.8 Å². The molecule has 1 aromatic rings. The summed E-state index contributed by atoms with van der Waals surface area (Å²) in [5.74, 6) is -0.166. The summed E-state index contributed by atoms with van der Waals surface area (Å²) in [6, 6.07) is 7.64. The van der Waals surface area contributed by atoms with E-state index in [0.717, 1.165) is 37.7 Å². The topological polar surface area (TPSA) is 37.3 Å². The summed E-state index contributed by atoms with van der Waals surface area (Å²) in [6.45, 7) is 3.73. The highest BCUT2D eigenvalue weighted by Gasteiger charge is 2.57. The number of benzene rings is 1. The lowest BCUT2D eigenvalue weighted by atomic mass is 9.60. The molecule has 1 saturated carbocycles. The highest BCUT2D eigenvalue weighted by atomic mass is 16.3. The highest BCUT2D eigenvalue weighted by Crippen LogP contribution is 2.53. The second-order valence-electron chi connectivity index (χ2n) is 5.62. The summed E-state index contributed by atoms with van der Waals surface area (Å²) in [4.78, 5) is 12.6. The number of rotatable bonds is 1. The number of fused-ring (bicyclic) bond motifs is 1. The zero-order valence-electron chi connectivity index (χ0n) is 10.5. The summed E-state index contributed by atoms with van der Waals surface area (Å²) in [5, 5.41) is 10.9. The van der Waals surface area contributed by atoms with Crippen molar-refractivity contribution in [2.45, 2.75) is 37.7 Å². The normalized spacial score (nSPS) is 29.3. The zero-order chi connectivity index (χ0) is 12.8. The average Bonchev–Trinajstić information content (AvgIpc) is 2.86. The molecule has 1 unspecified atom stereocenters. The van der Waals surface area contributed by atoms with Gasteiger partial charge in [0.1, 0.15) is 0 Å². The molecule has 3 rings (SSSR count). The van der Waals surface area contributed by atoms with E-state index in [1.807, 2.05) is 24.3 Å². The van der Waals surface area contributed by atoms with Crippen molar-refractivity contribution in [3.8, 4) is 0 Å². The van der Waals surface area contributed by atoms with E-state index < -0.39 is 5.60 Å². The molecule has 2 aliphatic rings. The van der Waals surface area contributed by atoms with Crippen LogP contribution in [0.4, 0.5) is 0 Å². The van der Waals surface area contributed by atoms with Crippen LogP contribution in [0, 0.1) is 5.41 Å². The lowest BCUT2D eigenvalue weighted by Gasteiger charge is -2.46. The van der Waals surface area contributed by atoms with Crippen LogP contribution in [-0.4, -0.2) is 16.5 Å². The van der Waals surface area contributed by atoms with Crippen LogP contribution in [-0.2, 0) is 6.42 Å². The van der Waals surface area contributed by atoms with Gasteiger partial charge in [-0.25, -0.2) is 0 Å². The first-order valence-corrected chi connectivity index (χ1v) is 6.62. The third-order valence-electron chi connectivity index (χ3n) is 4.80. The van der Waals surface area contributed by atoms with E-state index in [1.165, 1.54) is 6.08 Å². The van der Waals surface area contributed by atoms with E-state index in [2.05, 4.69) is 6.58 Å². The third-order valence-corrected chi connectivity index (χ3v) is 4.80. The van der Waals surface area contributed by atoms with Crippen molar-refractivity contribution in [1.82, 2.24) is 0 Å². The lowest BCUT2D eigenvalue weighted by molar-refractivity contribution is -0.0270. The van der Waals surface area contributed by atoms with Gasteiger partial charge in [0.2, 0.25) is 0 Å². The number of ketones is 1. The molecule has 2 heteroatoms. The Balaban J connectivity index is 2.19. The Morgan fingerprint density at radius 3 is 2.56 bits per heavy atom. The van der Waals surface area contributed by atoms with Crippen molar-refractivity contribution in [1.29, 1.82) is 0 Å². The van der Waals surface area contributed by atoms with E-state index in [0.29, 0.717) is 5.56 Å². The van der Waals surface area contributed by atoms with Crippen LogP contribution in [0.3, 0.4) is 0 Å². The fourth-order valence-corrected chi connectivity index (χ4v) is 3.76. The monoisotopic (exact) mass is 242 g/mol. The Hall–Kier alpha value is -1.41. The summed E-state index contributed by atoms with van der Waals surface area (Å²) in [7, 11) is 0. The molecule has 0 amide bonds. The van der Waals surface area contributed by atoms with Crippen LogP contribution in [0.2, 0.25) is 0 Å². The van der Waals surface area contributed by atoms with Crippen LogP contribution in [0.25, 0.3) is 0 Å². The van der Waals surface area contributed by atoms with Gasteiger partial charge in [-0.3, -0.25) is 4.79 Å². The maximum absolute atomic E-state index is 12.6. The summed E-state index contributed by atoms with van der Waals surface area (Å²) in [6.07, 6.45) is 6.26.